The van der Waals surface area contributed by atoms with Gasteiger partial charge in [0.2, 0.25) is 0 Å². The van der Waals surface area contributed by atoms with Crippen molar-refractivity contribution in [1.29, 1.82) is 0 Å². The predicted molar refractivity (Wildman–Crippen MR) is 97.3 cm³/mol. The Hall–Kier alpha value is -3.40. The van der Waals surface area contributed by atoms with E-state index in [1.165, 1.54) is 10.7 Å². The number of alkyl halides is 3. The molecule has 0 spiro atoms. The normalized spacial score (nSPS) is 15.8. The van der Waals surface area contributed by atoms with Gasteiger partial charge >= 0.3 is 6.18 Å². The van der Waals surface area contributed by atoms with Crippen molar-refractivity contribution in [2.75, 3.05) is 5.32 Å². The molecule has 2 N–H and O–H groups in total. The number of benzene rings is 1. The molecule has 11 heteroatoms. The van der Waals surface area contributed by atoms with Crippen molar-refractivity contribution < 1.29 is 18.0 Å². The summed E-state index contributed by atoms with van der Waals surface area (Å²) in [6.07, 6.45) is -0.795. The molecule has 0 saturated heterocycles. The van der Waals surface area contributed by atoms with Crippen LogP contribution in [0.2, 0.25) is 5.02 Å². The van der Waals surface area contributed by atoms with Crippen LogP contribution in [0.15, 0.2) is 53.4 Å². The molecule has 0 aliphatic carbocycles. The van der Waals surface area contributed by atoms with Crippen LogP contribution >= 0.6 is 11.6 Å². The van der Waals surface area contributed by atoms with Gasteiger partial charge in [0, 0.05) is 22.5 Å². The van der Waals surface area contributed by atoms with E-state index in [1.54, 1.807) is 36.5 Å². The number of aromatic nitrogens is 3. The zero-order valence-corrected chi connectivity index (χ0v) is 14.6. The molecule has 0 saturated carbocycles. The summed E-state index contributed by atoms with van der Waals surface area (Å²) in [7, 11) is 0. The van der Waals surface area contributed by atoms with Crippen molar-refractivity contribution in [3.63, 3.8) is 0 Å². The van der Waals surface area contributed by atoms with E-state index in [0.717, 1.165) is 6.08 Å². The maximum absolute atomic E-state index is 13.0. The van der Waals surface area contributed by atoms with Gasteiger partial charge in [-0.1, -0.05) is 17.7 Å². The lowest BCUT2D eigenvalue weighted by molar-refractivity contribution is -0.116. The van der Waals surface area contributed by atoms with Gasteiger partial charge in [-0.25, -0.2) is 14.9 Å². The van der Waals surface area contributed by atoms with Crippen LogP contribution in [0.4, 0.5) is 24.7 Å². The third kappa shape index (κ3) is 3.41. The van der Waals surface area contributed by atoms with Crippen molar-refractivity contribution in [2.45, 2.75) is 6.18 Å². The number of carbonyl (C=O) groups excluding carboxylic acids is 1. The monoisotopic (exact) mass is 406 g/mol. The van der Waals surface area contributed by atoms with Gasteiger partial charge in [0.25, 0.3) is 5.91 Å². The van der Waals surface area contributed by atoms with E-state index in [2.05, 4.69) is 20.5 Å². The highest BCUT2D eigenvalue weighted by atomic mass is 35.5. The number of halogens is 4. The van der Waals surface area contributed by atoms with Gasteiger partial charge < -0.3 is 5.32 Å². The average Bonchev–Trinajstić information content (AvgIpc) is 3.19. The van der Waals surface area contributed by atoms with Crippen LogP contribution < -0.4 is 10.7 Å². The minimum atomic E-state index is -4.76. The minimum Gasteiger partial charge on any atom is -0.340 e. The van der Waals surface area contributed by atoms with Crippen molar-refractivity contribution in [2.24, 2.45) is 5.10 Å². The fourth-order valence-corrected chi connectivity index (χ4v) is 2.80. The summed E-state index contributed by atoms with van der Waals surface area (Å²) in [6, 6.07) is 8.60. The molecule has 0 bridgehead atoms. The third-order valence-electron chi connectivity index (χ3n) is 3.83. The highest BCUT2D eigenvalue weighted by Crippen LogP contribution is 2.27. The summed E-state index contributed by atoms with van der Waals surface area (Å²) >= 11 is 5.95. The Morgan fingerprint density at radius 2 is 2.07 bits per heavy atom. The molecule has 7 nitrogen and oxygen atoms in total. The van der Waals surface area contributed by atoms with Crippen LogP contribution in [0.1, 0.15) is 5.56 Å². The Kier molecular flexibility index (Phi) is 4.27. The van der Waals surface area contributed by atoms with Gasteiger partial charge in [-0.05, 0) is 30.3 Å². The van der Waals surface area contributed by atoms with E-state index < -0.39 is 23.4 Å². The lowest BCUT2D eigenvalue weighted by atomic mass is 10.1. The molecule has 0 atom stereocenters. The van der Waals surface area contributed by atoms with Crippen LogP contribution in [0.3, 0.4) is 0 Å². The van der Waals surface area contributed by atoms with Gasteiger partial charge in [0.1, 0.15) is 5.82 Å². The second kappa shape index (κ2) is 6.64. The minimum absolute atomic E-state index is 0.235. The smallest absolute Gasteiger partial charge is 0.340 e. The number of rotatable bonds is 3. The number of amides is 1. The maximum Gasteiger partial charge on any atom is 0.435 e. The molecule has 2 aromatic heterocycles. The maximum atomic E-state index is 13.0. The van der Waals surface area contributed by atoms with Gasteiger partial charge in [-0.3, -0.25) is 4.79 Å². The molecule has 1 amide bonds. The molecule has 4 rings (SSSR count). The highest BCUT2D eigenvalue weighted by molar-refractivity contribution is 6.31. The Labute approximate surface area is 160 Å². The molecule has 0 radical (unpaired) electrons. The molecule has 1 aromatic carbocycles. The predicted octanol–water partition coefficient (Wildman–Crippen LogP) is 3.56. The summed E-state index contributed by atoms with van der Waals surface area (Å²) in [4.78, 5) is 16.1. The molecule has 3 aromatic rings. The standard InChI is InChI=1S/C17H10ClF3N6O/c18-10-2-1-3-11(7-10)23-13-4-5-27-15(24-13)9(8-22-27)6-12-14(17(19,20)21)25-26-16(12)28/h1-8H,(H,23,24)(H,26,28). The Morgan fingerprint density at radius 1 is 1.25 bits per heavy atom. The molecule has 28 heavy (non-hydrogen) atoms. The number of anilines is 2. The molecule has 0 unspecified atom stereocenters. The fourth-order valence-electron chi connectivity index (χ4n) is 2.61. The van der Waals surface area contributed by atoms with Gasteiger partial charge in [0.15, 0.2) is 11.4 Å². The van der Waals surface area contributed by atoms with Crippen molar-refractivity contribution in [3.05, 3.63) is 58.9 Å². The molecule has 1 aliphatic heterocycles. The number of nitrogens with one attached hydrogen (secondary N) is 2. The lowest BCUT2D eigenvalue weighted by Gasteiger charge is -2.07. The van der Waals surface area contributed by atoms with Crippen molar-refractivity contribution in [3.8, 4) is 0 Å². The first kappa shape index (κ1) is 18.0. The summed E-state index contributed by atoms with van der Waals surface area (Å²) in [5.74, 6) is -0.518. The first-order valence-electron chi connectivity index (χ1n) is 7.85. The highest BCUT2D eigenvalue weighted by Gasteiger charge is 2.43. The van der Waals surface area contributed by atoms with Crippen LogP contribution in [0, 0.1) is 0 Å². The molecule has 1 aliphatic rings. The molecule has 142 valence electrons. The molecular weight excluding hydrogens is 397 g/mol. The molecule has 0 fully saturated rings. The molecular formula is C17H10ClF3N6O. The number of nitrogens with zero attached hydrogens (tertiary/aromatic N) is 4. The van der Waals surface area contributed by atoms with Crippen LogP contribution in [-0.4, -0.2) is 32.4 Å². The number of hydrazone groups is 1. The Balaban J connectivity index is 1.72. The zero-order valence-electron chi connectivity index (χ0n) is 13.8. The third-order valence-corrected chi connectivity index (χ3v) is 4.07. The van der Waals surface area contributed by atoms with E-state index in [9.17, 15) is 18.0 Å². The number of fused-ring (bicyclic) bond motifs is 1. The first-order chi connectivity index (χ1) is 13.3. The van der Waals surface area contributed by atoms with Gasteiger partial charge in [-0.2, -0.15) is 23.4 Å². The summed E-state index contributed by atoms with van der Waals surface area (Å²) in [5.41, 5.74) is 1.12. The van der Waals surface area contributed by atoms with E-state index in [1.807, 2.05) is 5.43 Å². The second-order valence-corrected chi connectivity index (χ2v) is 6.21. The Bertz CT molecular complexity index is 1150. The number of carbonyl (C=O) groups is 1. The topological polar surface area (TPSA) is 83.7 Å². The number of hydrogen-bond acceptors (Lipinski definition) is 5. The largest absolute Gasteiger partial charge is 0.435 e. The van der Waals surface area contributed by atoms with Crippen LogP contribution in [-0.2, 0) is 4.79 Å². The quantitative estimate of drug-likeness (QED) is 0.651. The van der Waals surface area contributed by atoms with E-state index in [0.29, 0.717) is 16.5 Å². The summed E-state index contributed by atoms with van der Waals surface area (Å²) in [5, 5.41) is 10.7. The first-order valence-corrected chi connectivity index (χ1v) is 8.23. The fraction of sp³-hybridized carbons (Fsp3) is 0.0588. The average molecular weight is 407 g/mol. The van der Waals surface area contributed by atoms with E-state index in [-0.39, 0.29) is 11.2 Å². The zero-order chi connectivity index (χ0) is 19.9. The SMILES string of the molecule is O=C1NN=C(C(F)(F)F)C1=Cc1cnn2ccc(Nc3cccc(Cl)c3)nc12. The van der Waals surface area contributed by atoms with Crippen LogP contribution in [0.5, 0.6) is 0 Å². The van der Waals surface area contributed by atoms with Gasteiger partial charge in [-0.15, -0.1) is 0 Å². The van der Waals surface area contributed by atoms with Crippen molar-refractivity contribution >= 4 is 46.4 Å². The van der Waals surface area contributed by atoms with Crippen LogP contribution in [0.25, 0.3) is 11.7 Å². The van der Waals surface area contributed by atoms with Gasteiger partial charge in [0.05, 0.1) is 11.8 Å². The Morgan fingerprint density at radius 3 is 2.82 bits per heavy atom. The number of hydrogen-bond donors (Lipinski definition) is 2. The van der Waals surface area contributed by atoms with E-state index in [4.69, 9.17) is 11.6 Å². The van der Waals surface area contributed by atoms with Crippen molar-refractivity contribution in [1.82, 2.24) is 20.0 Å². The lowest BCUT2D eigenvalue weighted by Crippen LogP contribution is -2.24. The second-order valence-electron chi connectivity index (χ2n) is 5.77. The molecule has 3 heterocycles. The van der Waals surface area contributed by atoms with E-state index >= 15 is 0 Å². The summed E-state index contributed by atoms with van der Waals surface area (Å²) < 4.78 is 40.5. The summed E-state index contributed by atoms with van der Waals surface area (Å²) in [6.45, 7) is 0.